The van der Waals surface area contributed by atoms with Gasteiger partial charge in [0.1, 0.15) is 24.6 Å². The Morgan fingerprint density at radius 1 is 1.06 bits per heavy atom. The summed E-state index contributed by atoms with van der Waals surface area (Å²) in [5.74, 6) is 1.02. The third-order valence-corrected chi connectivity index (χ3v) is 5.48. The number of phenols is 1. The van der Waals surface area contributed by atoms with Crippen molar-refractivity contribution in [1.82, 2.24) is 19.5 Å². The molecule has 0 spiro atoms. The highest BCUT2D eigenvalue weighted by molar-refractivity contribution is 5.82. The van der Waals surface area contributed by atoms with Crippen molar-refractivity contribution in [3.63, 3.8) is 0 Å². The predicted octanol–water partition coefficient (Wildman–Crippen LogP) is -0.219. The quantitative estimate of drug-likeness (QED) is 0.298. The van der Waals surface area contributed by atoms with Crippen molar-refractivity contribution in [2.24, 2.45) is 0 Å². The van der Waals surface area contributed by atoms with E-state index in [2.05, 4.69) is 20.3 Å². The van der Waals surface area contributed by atoms with Gasteiger partial charge in [-0.2, -0.15) is 0 Å². The van der Waals surface area contributed by atoms with E-state index in [-0.39, 0.29) is 23.8 Å². The average Bonchev–Trinajstić information content (AvgIpc) is 3.38. The lowest BCUT2D eigenvalue weighted by Crippen LogP contribution is -2.33. The number of nitrogens with zero attached hydrogens (tertiary/aromatic N) is 4. The number of hydrogen-bond donors (Lipinski definition) is 5. The van der Waals surface area contributed by atoms with Gasteiger partial charge in [-0.25, -0.2) is 15.0 Å². The zero-order valence-corrected chi connectivity index (χ0v) is 18.2. The Hall–Kier alpha value is -3.39. The van der Waals surface area contributed by atoms with Gasteiger partial charge in [0.2, 0.25) is 11.5 Å². The Labute approximate surface area is 188 Å². The molecule has 0 saturated carbocycles. The minimum atomic E-state index is -1.28. The first-order chi connectivity index (χ1) is 15.9. The van der Waals surface area contributed by atoms with E-state index in [4.69, 9.17) is 18.9 Å². The number of nitrogens with one attached hydrogen (secondary N) is 1. The molecule has 0 radical (unpaired) electrons. The second kappa shape index (κ2) is 9.23. The summed E-state index contributed by atoms with van der Waals surface area (Å²) < 4.78 is 22.9. The van der Waals surface area contributed by atoms with Crippen LogP contribution < -0.4 is 19.5 Å². The molecule has 33 heavy (non-hydrogen) atoms. The normalized spacial score (nSPS) is 22.5. The molecule has 1 fully saturated rings. The molecule has 13 nitrogen and oxygen atoms in total. The van der Waals surface area contributed by atoms with Crippen LogP contribution in [0.3, 0.4) is 0 Å². The van der Waals surface area contributed by atoms with E-state index in [9.17, 15) is 20.4 Å². The van der Waals surface area contributed by atoms with Gasteiger partial charge >= 0.3 is 0 Å². The molecular weight excluding hydrogens is 438 g/mol. The molecule has 0 aliphatic carbocycles. The largest absolute Gasteiger partial charge is 0.504 e. The summed E-state index contributed by atoms with van der Waals surface area (Å²) in [6, 6.07) is 1.61. The molecule has 2 aromatic heterocycles. The molecular formula is C20H25N5O8. The molecule has 1 aliphatic rings. The highest BCUT2D eigenvalue weighted by Crippen LogP contribution is 2.46. The summed E-state index contributed by atoms with van der Waals surface area (Å²) in [5, 5.41) is 43.4. The number of rotatable bonds is 8. The fourth-order valence-electron chi connectivity index (χ4n) is 3.78. The lowest BCUT2D eigenvalue weighted by Gasteiger charge is -2.17. The summed E-state index contributed by atoms with van der Waals surface area (Å²) >= 11 is 0. The van der Waals surface area contributed by atoms with E-state index in [1.54, 1.807) is 6.07 Å². The van der Waals surface area contributed by atoms with Gasteiger partial charge in [-0.3, -0.25) is 4.57 Å². The maximum atomic E-state index is 10.6. The number of ether oxygens (including phenoxy) is 4. The number of anilines is 1. The van der Waals surface area contributed by atoms with Crippen LogP contribution in [-0.4, -0.2) is 86.2 Å². The van der Waals surface area contributed by atoms with E-state index in [1.165, 1.54) is 38.6 Å². The Kier molecular flexibility index (Phi) is 6.37. The Morgan fingerprint density at radius 2 is 1.82 bits per heavy atom. The molecule has 3 aromatic rings. The van der Waals surface area contributed by atoms with Crippen molar-refractivity contribution in [2.75, 3.05) is 33.3 Å². The third-order valence-electron chi connectivity index (χ3n) is 5.48. The smallest absolute Gasteiger partial charge is 0.207 e. The van der Waals surface area contributed by atoms with Crippen molar-refractivity contribution >= 4 is 17.0 Å². The minimum absolute atomic E-state index is 0.120. The SMILES string of the molecule is COc1cc(CNc2ncnc3c2ncn3[C@@H]2O[C@H](CO)[C@@H](O)[C@@H]2O)c(O)c(OC)c1OC. The van der Waals surface area contributed by atoms with Crippen molar-refractivity contribution in [3.8, 4) is 23.0 Å². The second-order valence-electron chi connectivity index (χ2n) is 7.28. The topological polar surface area (TPSA) is 173 Å². The molecule has 178 valence electrons. The number of phenolic OH excluding ortho intramolecular Hbond substituents is 1. The van der Waals surface area contributed by atoms with Crippen molar-refractivity contribution in [2.45, 2.75) is 31.1 Å². The van der Waals surface area contributed by atoms with Gasteiger partial charge in [0.15, 0.2) is 34.7 Å². The maximum absolute atomic E-state index is 10.6. The first-order valence-corrected chi connectivity index (χ1v) is 9.99. The van der Waals surface area contributed by atoms with Crippen LogP contribution in [0.5, 0.6) is 23.0 Å². The molecule has 13 heteroatoms. The molecule has 5 N–H and O–H groups in total. The number of imidazole rings is 1. The number of aromatic nitrogens is 4. The summed E-state index contributed by atoms with van der Waals surface area (Å²) in [5.41, 5.74) is 1.18. The molecule has 1 aliphatic heterocycles. The number of hydrogen-bond acceptors (Lipinski definition) is 12. The second-order valence-corrected chi connectivity index (χ2v) is 7.28. The number of aliphatic hydroxyl groups excluding tert-OH is 3. The van der Waals surface area contributed by atoms with Gasteiger partial charge in [-0.15, -0.1) is 0 Å². The number of aromatic hydroxyl groups is 1. The van der Waals surface area contributed by atoms with E-state index < -0.39 is 31.1 Å². The van der Waals surface area contributed by atoms with Gasteiger partial charge in [-0.1, -0.05) is 0 Å². The van der Waals surface area contributed by atoms with Crippen LogP contribution in [0.15, 0.2) is 18.7 Å². The van der Waals surface area contributed by atoms with Gasteiger partial charge in [-0.05, 0) is 6.07 Å². The highest BCUT2D eigenvalue weighted by atomic mass is 16.6. The van der Waals surface area contributed by atoms with Crippen LogP contribution in [0, 0.1) is 0 Å². The number of fused-ring (bicyclic) bond motifs is 1. The Balaban J connectivity index is 1.63. The van der Waals surface area contributed by atoms with Gasteiger partial charge < -0.3 is 44.7 Å². The number of benzene rings is 1. The molecule has 1 saturated heterocycles. The molecule has 0 bridgehead atoms. The average molecular weight is 463 g/mol. The standard InChI is InChI=1S/C20H25N5O8/c1-30-10-4-9(13(27)17(32-3)16(10)31-2)5-21-18-12-19(23-7-22-18)25(8-24-12)20-15(29)14(28)11(6-26)33-20/h4,7-8,11,14-15,20,26-29H,5-6H2,1-3H3,(H,21,22,23)/t11-,14-,15+,20-/m1/s1. The van der Waals surface area contributed by atoms with Crippen LogP contribution >= 0.6 is 0 Å². The predicted molar refractivity (Wildman–Crippen MR) is 113 cm³/mol. The minimum Gasteiger partial charge on any atom is -0.504 e. The highest BCUT2D eigenvalue weighted by Gasteiger charge is 2.44. The van der Waals surface area contributed by atoms with Crippen LogP contribution in [0.1, 0.15) is 11.8 Å². The van der Waals surface area contributed by atoms with E-state index in [1.807, 2.05) is 0 Å². The zero-order valence-electron chi connectivity index (χ0n) is 18.2. The number of methoxy groups -OCH3 is 3. The molecule has 4 rings (SSSR count). The Bertz CT molecular complexity index is 1140. The maximum Gasteiger partial charge on any atom is 0.207 e. The lowest BCUT2D eigenvalue weighted by atomic mass is 10.1. The first-order valence-electron chi connectivity index (χ1n) is 9.99. The summed E-state index contributed by atoms with van der Waals surface area (Å²) in [4.78, 5) is 12.7. The summed E-state index contributed by atoms with van der Waals surface area (Å²) in [6.45, 7) is -0.309. The molecule has 4 atom stereocenters. The van der Waals surface area contributed by atoms with Crippen molar-refractivity contribution in [3.05, 3.63) is 24.3 Å². The summed E-state index contributed by atoms with van der Waals surface area (Å²) in [7, 11) is 4.33. The van der Waals surface area contributed by atoms with Gasteiger partial charge in [0, 0.05) is 12.1 Å². The van der Waals surface area contributed by atoms with E-state index in [0.717, 1.165) is 0 Å². The monoisotopic (exact) mass is 463 g/mol. The third kappa shape index (κ3) is 3.84. The van der Waals surface area contributed by atoms with Crippen molar-refractivity contribution < 1.29 is 39.4 Å². The fraction of sp³-hybridized carbons (Fsp3) is 0.450. The van der Waals surface area contributed by atoms with Crippen molar-refractivity contribution in [1.29, 1.82) is 0 Å². The van der Waals surface area contributed by atoms with Crippen LogP contribution in [0.25, 0.3) is 11.2 Å². The molecule has 0 unspecified atom stereocenters. The number of aliphatic hydroxyl groups is 3. The molecule has 0 amide bonds. The van der Waals surface area contributed by atoms with E-state index in [0.29, 0.717) is 28.3 Å². The Morgan fingerprint density at radius 3 is 2.45 bits per heavy atom. The summed E-state index contributed by atoms with van der Waals surface area (Å²) in [6.07, 6.45) is -1.73. The van der Waals surface area contributed by atoms with Crippen LogP contribution in [-0.2, 0) is 11.3 Å². The fourth-order valence-corrected chi connectivity index (χ4v) is 3.78. The van der Waals surface area contributed by atoms with Gasteiger partial charge in [0.05, 0.1) is 34.3 Å². The molecule has 3 heterocycles. The van der Waals surface area contributed by atoms with E-state index >= 15 is 0 Å². The van der Waals surface area contributed by atoms with Crippen LogP contribution in [0.2, 0.25) is 0 Å². The first kappa shape index (κ1) is 22.8. The lowest BCUT2D eigenvalue weighted by molar-refractivity contribution is -0.0511. The van der Waals surface area contributed by atoms with Crippen LogP contribution in [0.4, 0.5) is 5.82 Å². The zero-order chi connectivity index (χ0) is 23.7. The molecule has 1 aromatic carbocycles. The van der Waals surface area contributed by atoms with Gasteiger partial charge in [0.25, 0.3) is 0 Å².